The summed E-state index contributed by atoms with van der Waals surface area (Å²) in [6, 6.07) is 5.17. The Morgan fingerprint density at radius 3 is 2.89 bits per heavy atom. The van der Waals surface area contributed by atoms with Gasteiger partial charge in [0, 0.05) is 10.6 Å². The van der Waals surface area contributed by atoms with Crippen molar-refractivity contribution >= 4 is 17.6 Å². The molecule has 0 spiro atoms. The first-order valence-electron chi connectivity index (χ1n) is 5.75. The van der Waals surface area contributed by atoms with Crippen LogP contribution < -0.4 is 0 Å². The normalized spacial score (nSPS) is 12.4. The first kappa shape index (κ1) is 13.5. The maximum atomic E-state index is 10.7. The largest absolute Gasteiger partial charge is 0.481 e. The van der Waals surface area contributed by atoms with E-state index in [9.17, 15) is 4.79 Å². The number of aromatic nitrogens is 4. The molecule has 6 nitrogen and oxygen atoms in total. The molecule has 2 rings (SSSR count). The van der Waals surface area contributed by atoms with E-state index in [0.29, 0.717) is 10.8 Å². The molecular weight excluding hydrogens is 268 g/mol. The van der Waals surface area contributed by atoms with Crippen LogP contribution in [0.2, 0.25) is 5.02 Å². The van der Waals surface area contributed by atoms with Crippen LogP contribution in [0, 0.1) is 6.92 Å². The van der Waals surface area contributed by atoms with Gasteiger partial charge in [-0.15, -0.1) is 5.10 Å². The third kappa shape index (κ3) is 2.90. The van der Waals surface area contributed by atoms with Crippen molar-refractivity contribution in [2.75, 3.05) is 0 Å². The van der Waals surface area contributed by atoms with E-state index in [1.165, 1.54) is 4.68 Å². The van der Waals surface area contributed by atoms with Gasteiger partial charge in [0.05, 0.1) is 12.5 Å². The van der Waals surface area contributed by atoms with Crippen molar-refractivity contribution in [2.24, 2.45) is 0 Å². The molecule has 2 aromatic rings. The monoisotopic (exact) mass is 280 g/mol. The number of aryl methyl sites for hydroxylation is 1. The zero-order chi connectivity index (χ0) is 14.0. The molecule has 7 heteroatoms. The van der Waals surface area contributed by atoms with Crippen molar-refractivity contribution < 1.29 is 9.90 Å². The van der Waals surface area contributed by atoms with E-state index in [2.05, 4.69) is 15.5 Å². The number of benzene rings is 1. The van der Waals surface area contributed by atoms with E-state index in [-0.39, 0.29) is 12.5 Å². The third-order valence-electron chi connectivity index (χ3n) is 2.81. The lowest BCUT2D eigenvalue weighted by atomic mass is 10.1. The minimum Gasteiger partial charge on any atom is -0.481 e. The van der Waals surface area contributed by atoms with Crippen LogP contribution in [0.3, 0.4) is 0 Å². The van der Waals surface area contributed by atoms with Crippen molar-refractivity contribution in [3.63, 3.8) is 0 Å². The number of carbonyl (C=O) groups is 1. The van der Waals surface area contributed by atoms with Gasteiger partial charge in [0.15, 0.2) is 5.82 Å². The first-order chi connectivity index (χ1) is 8.99. The summed E-state index contributed by atoms with van der Waals surface area (Å²) in [5.74, 6) is -0.383. The number of nitrogens with zero attached hydrogens (tertiary/aromatic N) is 4. The smallest absolute Gasteiger partial charge is 0.305 e. The summed E-state index contributed by atoms with van der Waals surface area (Å²) in [7, 11) is 0. The number of rotatable bonds is 4. The summed E-state index contributed by atoms with van der Waals surface area (Å²) in [5, 5.41) is 20.8. The van der Waals surface area contributed by atoms with Crippen LogP contribution in [0.5, 0.6) is 0 Å². The maximum absolute atomic E-state index is 10.7. The molecule has 1 aromatic heterocycles. The molecule has 0 bridgehead atoms. The van der Waals surface area contributed by atoms with Crippen LogP contribution in [0.1, 0.15) is 24.9 Å². The summed E-state index contributed by atoms with van der Waals surface area (Å²) in [5.41, 5.74) is 1.72. The Hall–Kier alpha value is -1.95. The molecule has 0 aliphatic carbocycles. The minimum atomic E-state index is -0.893. The lowest BCUT2D eigenvalue weighted by Gasteiger charge is -2.11. The third-order valence-corrected chi connectivity index (χ3v) is 3.22. The van der Waals surface area contributed by atoms with Gasteiger partial charge in [0.2, 0.25) is 0 Å². The van der Waals surface area contributed by atoms with Gasteiger partial charge in [0.1, 0.15) is 0 Å². The number of aliphatic carboxylic acids is 1. The molecule has 19 heavy (non-hydrogen) atoms. The van der Waals surface area contributed by atoms with E-state index in [1.807, 2.05) is 19.1 Å². The van der Waals surface area contributed by atoms with Crippen molar-refractivity contribution in [3.8, 4) is 11.4 Å². The fourth-order valence-corrected chi connectivity index (χ4v) is 1.93. The fraction of sp³-hybridized carbons (Fsp3) is 0.333. The number of hydrogen-bond donors (Lipinski definition) is 1. The number of halogens is 1. The molecule has 1 heterocycles. The van der Waals surface area contributed by atoms with E-state index < -0.39 is 5.97 Å². The topological polar surface area (TPSA) is 80.9 Å². The number of carboxylic acids is 1. The SMILES string of the molecule is Cc1ccc(-c2nnnn2C(C)CC(=O)O)cc1Cl. The Morgan fingerprint density at radius 2 is 2.26 bits per heavy atom. The molecule has 100 valence electrons. The Morgan fingerprint density at radius 1 is 1.53 bits per heavy atom. The van der Waals surface area contributed by atoms with Gasteiger partial charge in [-0.2, -0.15) is 0 Å². The molecule has 0 amide bonds. The Balaban J connectivity index is 2.38. The van der Waals surface area contributed by atoms with E-state index >= 15 is 0 Å². The van der Waals surface area contributed by atoms with Gasteiger partial charge in [0.25, 0.3) is 0 Å². The number of hydrogen-bond acceptors (Lipinski definition) is 4. The van der Waals surface area contributed by atoms with Gasteiger partial charge in [-0.3, -0.25) is 4.79 Å². The van der Waals surface area contributed by atoms with Gasteiger partial charge in [-0.05, 0) is 35.9 Å². The molecule has 0 radical (unpaired) electrons. The fourth-order valence-electron chi connectivity index (χ4n) is 1.75. The molecule has 0 saturated carbocycles. The summed E-state index contributed by atoms with van der Waals surface area (Å²) < 4.78 is 1.50. The van der Waals surface area contributed by atoms with E-state index in [4.69, 9.17) is 16.7 Å². The highest BCUT2D eigenvalue weighted by Gasteiger charge is 2.17. The molecular formula is C12H13ClN4O2. The van der Waals surface area contributed by atoms with Crippen LogP contribution in [0.15, 0.2) is 18.2 Å². The number of carboxylic acid groups (broad SMARTS) is 1. The molecule has 0 aliphatic heterocycles. The van der Waals surface area contributed by atoms with Crippen molar-refractivity contribution in [2.45, 2.75) is 26.3 Å². The zero-order valence-electron chi connectivity index (χ0n) is 10.5. The Kier molecular flexibility index (Phi) is 3.80. The molecule has 1 unspecified atom stereocenters. The van der Waals surface area contributed by atoms with Gasteiger partial charge in [-0.25, -0.2) is 4.68 Å². The standard InChI is InChI=1S/C12H13ClN4O2/c1-7-3-4-9(6-10(7)13)12-14-15-16-17(12)8(2)5-11(18)19/h3-4,6,8H,5H2,1-2H3,(H,18,19). The van der Waals surface area contributed by atoms with Crippen molar-refractivity contribution in [1.29, 1.82) is 0 Å². The minimum absolute atomic E-state index is 0.0440. The predicted octanol–water partition coefficient (Wildman–Crippen LogP) is 2.34. The van der Waals surface area contributed by atoms with Crippen molar-refractivity contribution in [3.05, 3.63) is 28.8 Å². The quantitative estimate of drug-likeness (QED) is 0.929. The van der Waals surface area contributed by atoms with E-state index in [0.717, 1.165) is 11.1 Å². The summed E-state index contributed by atoms with van der Waals surface area (Å²) in [6.07, 6.45) is -0.0440. The second kappa shape index (κ2) is 5.36. The summed E-state index contributed by atoms with van der Waals surface area (Å²) >= 11 is 6.08. The van der Waals surface area contributed by atoms with Gasteiger partial charge >= 0.3 is 5.97 Å². The second-order valence-corrected chi connectivity index (χ2v) is 4.77. The van der Waals surface area contributed by atoms with Crippen LogP contribution in [0.4, 0.5) is 0 Å². The highest BCUT2D eigenvalue weighted by Crippen LogP contribution is 2.25. The molecule has 1 atom stereocenters. The van der Waals surface area contributed by atoms with Crippen LogP contribution >= 0.6 is 11.6 Å². The molecule has 1 N–H and O–H groups in total. The maximum Gasteiger partial charge on any atom is 0.305 e. The predicted molar refractivity (Wildman–Crippen MR) is 70.0 cm³/mol. The van der Waals surface area contributed by atoms with Gasteiger partial charge < -0.3 is 5.11 Å². The Bertz CT molecular complexity index is 612. The molecule has 1 aromatic carbocycles. The highest BCUT2D eigenvalue weighted by atomic mass is 35.5. The Labute approximate surface area is 115 Å². The average molecular weight is 281 g/mol. The summed E-state index contributed by atoms with van der Waals surface area (Å²) in [6.45, 7) is 3.66. The van der Waals surface area contributed by atoms with Crippen molar-refractivity contribution in [1.82, 2.24) is 20.2 Å². The lowest BCUT2D eigenvalue weighted by molar-refractivity contribution is -0.137. The van der Waals surface area contributed by atoms with Crippen LogP contribution in [-0.2, 0) is 4.79 Å². The first-order valence-corrected chi connectivity index (χ1v) is 6.13. The van der Waals surface area contributed by atoms with E-state index in [1.54, 1.807) is 13.0 Å². The zero-order valence-corrected chi connectivity index (χ0v) is 11.3. The molecule has 0 aliphatic rings. The molecule has 0 saturated heterocycles. The van der Waals surface area contributed by atoms with Crippen LogP contribution in [0.25, 0.3) is 11.4 Å². The summed E-state index contributed by atoms with van der Waals surface area (Å²) in [4.78, 5) is 10.7. The molecule has 0 fully saturated rings. The van der Waals surface area contributed by atoms with Crippen LogP contribution in [-0.4, -0.2) is 31.3 Å². The highest BCUT2D eigenvalue weighted by molar-refractivity contribution is 6.31. The van der Waals surface area contributed by atoms with Gasteiger partial charge in [-0.1, -0.05) is 23.7 Å². The average Bonchev–Trinajstić information content (AvgIpc) is 2.81. The number of tetrazole rings is 1. The lowest BCUT2D eigenvalue weighted by Crippen LogP contribution is -2.13. The second-order valence-electron chi connectivity index (χ2n) is 4.36.